The van der Waals surface area contributed by atoms with Crippen molar-refractivity contribution in [2.75, 3.05) is 13.1 Å². The lowest BCUT2D eigenvalue weighted by Gasteiger charge is -2.41. The number of hydrogen-bond acceptors (Lipinski definition) is 7. The number of carbonyl (C=O) groups is 1. The highest BCUT2D eigenvalue weighted by molar-refractivity contribution is 7.89. The smallest absolute Gasteiger partial charge is 0.410 e. The molecule has 2 atom stereocenters. The maximum absolute atomic E-state index is 13.4. The molecule has 59 heavy (non-hydrogen) atoms. The Morgan fingerprint density at radius 1 is 0.712 bits per heavy atom. The van der Waals surface area contributed by atoms with Gasteiger partial charge in [-0.15, -0.1) is 0 Å². The molecule has 10 heteroatoms. The monoisotopic (exact) mass is 817 g/mol. The van der Waals surface area contributed by atoms with Crippen LogP contribution >= 0.6 is 0 Å². The van der Waals surface area contributed by atoms with Crippen molar-refractivity contribution in [2.24, 2.45) is 16.8 Å². The van der Waals surface area contributed by atoms with Crippen LogP contribution in [-0.2, 0) is 53.8 Å². The zero-order chi connectivity index (χ0) is 41.5. The van der Waals surface area contributed by atoms with E-state index in [4.69, 9.17) is 25.1 Å². The number of sulfonamides is 1. The van der Waals surface area contributed by atoms with Gasteiger partial charge in [0.2, 0.25) is 10.0 Å². The molecule has 0 fully saturated rings. The number of hydrogen-bond donors (Lipinski definition) is 2. The third-order valence-electron chi connectivity index (χ3n) is 11.5. The maximum atomic E-state index is 13.4. The van der Waals surface area contributed by atoms with E-state index >= 15 is 0 Å². The average molecular weight is 818 g/mol. The molecule has 5 aromatic rings. The molecule has 0 aliphatic heterocycles. The number of benzene rings is 5. The molecule has 0 saturated heterocycles. The molecule has 0 spiro atoms. The standard InChI is InChI=1S/C49H59N3O6S/c1-2-30-49(50,31-13-6-14-32-52(48(53)58-37-41-19-11-5-12-20-41)33-29-38-21-25-44(26-22-38)59(51,54)55)43-24-27-45-42(34-43)23-28-46(56-35-39-15-7-3-8-16-39)47(45)57-36-40-17-9-4-10-18-40/h3-5,7-12,15-23,25-26,28,43H,2,6,13-14,24,27,29-37,50H2,1H3,(H2,51,54,55)/t43?,49-/m0/s1. The van der Waals surface area contributed by atoms with E-state index in [0.717, 1.165) is 91.5 Å². The van der Waals surface area contributed by atoms with Gasteiger partial charge in [-0.2, -0.15) is 0 Å². The van der Waals surface area contributed by atoms with Crippen LogP contribution in [0.3, 0.4) is 0 Å². The highest BCUT2D eigenvalue weighted by Gasteiger charge is 2.37. The van der Waals surface area contributed by atoms with Crippen LogP contribution in [0.4, 0.5) is 4.79 Å². The lowest BCUT2D eigenvalue weighted by Crippen LogP contribution is -2.49. The van der Waals surface area contributed by atoms with E-state index < -0.39 is 10.0 Å². The fourth-order valence-electron chi connectivity index (χ4n) is 8.17. The molecule has 1 aliphatic carbocycles. The number of rotatable bonds is 21. The van der Waals surface area contributed by atoms with Gasteiger partial charge < -0.3 is 24.8 Å². The van der Waals surface area contributed by atoms with Gasteiger partial charge in [0.25, 0.3) is 0 Å². The van der Waals surface area contributed by atoms with Crippen molar-refractivity contribution < 1.29 is 27.4 Å². The summed E-state index contributed by atoms with van der Waals surface area (Å²) in [5.74, 6) is 1.94. The number of nitrogens with zero attached hydrogens (tertiary/aromatic N) is 1. The number of nitrogens with two attached hydrogens (primary N) is 2. The Morgan fingerprint density at radius 2 is 1.32 bits per heavy atom. The van der Waals surface area contributed by atoms with Gasteiger partial charge in [-0.3, -0.25) is 0 Å². The topological polar surface area (TPSA) is 134 Å². The van der Waals surface area contributed by atoms with Crippen LogP contribution in [0, 0.1) is 5.92 Å². The minimum absolute atomic E-state index is 0.0627. The van der Waals surface area contributed by atoms with E-state index in [1.165, 1.54) is 23.3 Å². The van der Waals surface area contributed by atoms with Crippen molar-refractivity contribution >= 4 is 16.1 Å². The summed E-state index contributed by atoms with van der Waals surface area (Å²) in [6.07, 6.45) is 8.50. The summed E-state index contributed by atoms with van der Waals surface area (Å²) in [6, 6.07) is 40.9. The molecule has 6 rings (SSSR count). The molecule has 1 unspecified atom stereocenters. The molecule has 0 bridgehead atoms. The normalized spacial score (nSPS) is 14.8. The number of amides is 1. The van der Waals surface area contributed by atoms with Crippen molar-refractivity contribution in [3.8, 4) is 11.5 Å². The second-order valence-corrected chi connectivity index (χ2v) is 17.3. The Balaban J connectivity index is 1.07. The van der Waals surface area contributed by atoms with E-state index in [0.29, 0.717) is 38.6 Å². The van der Waals surface area contributed by atoms with Crippen molar-refractivity contribution in [2.45, 2.75) is 101 Å². The molecule has 1 aliphatic rings. The molecule has 1 amide bonds. The zero-order valence-electron chi connectivity index (χ0n) is 34.3. The quantitative estimate of drug-likeness (QED) is 0.0705. The number of ether oxygens (including phenoxy) is 3. The predicted molar refractivity (Wildman–Crippen MR) is 234 cm³/mol. The summed E-state index contributed by atoms with van der Waals surface area (Å²) in [5, 5.41) is 5.28. The highest BCUT2D eigenvalue weighted by atomic mass is 32.2. The third kappa shape index (κ3) is 12.7. The van der Waals surface area contributed by atoms with Crippen LogP contribution in [0.15, 0.2) is 132 Å². The summed E-state index contributed by atoms with van der Waals surface area (Å²) in [4.78, 5) is 15.2. The van der Waals surface area contributed by atoms with E-state index in [-0.39, 0.29) is 23.1 Å². The van der Waals surface area contributed by atoms with Crippen molar-refractivity contribution in [1.82, 2.24) is 4.90 Å². The fourth-order valence-corrected chi connectivity index (χ4v) is 8.69. The van der Waals surface area contributed by atoms with Crippen LogP contribution < -0.4 is 20.3 Å². The average Bonchev–Trinajstić information content (AvgIpc) is 3.26. The van der Waals surface area contributed by atoms with Crippen LogP contribution in [0.25, 0.3) is 0 Å². The van der Waals surface area contributed by atoms with Crippen LogP contribution in [-0.4, -0.2) is 38.0 Å². The molecule has 312 valence electrons. The largest absolute Gasteiger partial charge is 0.485 e. The van der Waals surface area contributed by atoms with Gasteiger partial charge in [0.05, 0.1) is 4.90 Å². The third-order valence-corrected chi connectivity index (χ3v) is 12.4. The minimum atomic E-state index is -3.78. The summed E-state index contributed by atoms with van der Waals surface area (Å²) in [6.45, 7) is 4.33. The van der Waals surface area contributed by atoms with Crippen LogP contribution in [0.2, 0.25) is 0 Å². The summed E-state index contributed by atoms with van der Waals surface area (Å²) in [7, 11) is -3.78. The lowest BCUT2D eigenvalue weighted by molar-refractivity contribution is 0.0956. The Bertz CT molecular complexity index is 2170. The number of fused-ring (bicyclic) bond motifs is 1. The van der Waals surface area contributed by atoms with Gasteiger partial charge in [0, 0.05) is 24.2 Å². The molecule has 0 heterocycles. The van der Waals surface area contributed by atoms with Gasteiger partial charge in [-0.1, -0.05) is 135 Å². The van der Waals surface area contributed by atoms with Gasteiger partial charge in [0.15, 0.2) is 11.5 Å². The fraction of sp³-hybridized carbons (Fsp3) is 0.367. The van der Waals surface area contributed by atoms with E-state index in [2.05, 4.69) is 43.3 Å². The van der Waals surface area contributed by atoms with Gasteiger partial charge in [-0.05, 0) is 96.9 Å². The molecular formula is C49H59N3O6S. The van der Waals surface area contributed by atoms with Gasteiger partial charge in [-0.25, -0.2) is 18.4 Å². The Morgan fingerprint density at radius 3 is 1.93 bits per heavy atom. The van der Waals surface area contributed by atoms with E-state index in [9.17, 15) is 13.2 Å². The molecule has 0 saturated carbocycles. The minimum Gasteiger partial charge on any atom is -0.485 e. The lowest BCUT2D eigenvalue weighted by atomic mass is 9.69. The van der Waals surface area contributed by atoms with Crippen LogP contribution in [0.1, 0.15) is 85.3 Å². The van der Waals surface area contributed by atoms with Crippen molar-refractivity contribution in [1.29, 1.82) is 0 Å². The van der Waals surface area contributed by atoms with Gasteiger partial charge >= 0.3 is 6.09 Å². The first-order chi connectivity index (χ1) is 28.6. The molecule has 0 aromatic heterocycles. The maximum Gasteiger partial charge on any atom is 0.410 e. The summed E-state index contributed by atoms with van der Waals surface area (Å²) in [5.41, 5.74) is 13.7. The first kappa shape index (κ1) is 43.4. The Kier molecular flexibility index (Phi) is 15.6. The molecular weight excluding hydrogens is 759 g/mol. The van der Waals surface area contributed by atoms with E-state index in [1.807, 2.05) is 66.7 Å². The second-order valence-electron chi connectivity index (χ2n) is 15.8. The van der Waals surface area contributed by atoms with Crippen LogP contribution in [0.5, 0.6) is 11.5 Å². The summed E-state index contributed by atoms with van der Waals surface area (Å²) < 4.78 is 42.2. The first-order valence-electron chi connectivity index (χ1n) is 21.0. The van der Waals surface area contributed by atoms with Crippen molar-refractivity contribution in [3.63, 3.8) is 0 Å². The van der Waals surface area contributed by atoms with Gasteiger partial charge in [0.1, 0.15) is 19.8 Å². The first-order valence-corrected chi connectivity index (χ1v) is 22.5. The SMILES string of the molecule is CCC[C@](N)(CCCCCN(CCc1ccc(S(N)(=O)=O)cc1)C(=O)OCc1ccccc1)C1CCc2c(ccc(OCc3ccccc3)c2OCc2ccccc2)C1. The molecule has 5 aromatic carbocycles. The molecule has 0 radical (unpaired) electrons. The summed E-state index contributed by atoms with van der Waals surface area (Å²) >= 11 is 0. The Hall–Kier alpha value is -5.16. The molecule has 4 N–H and O–H groups in total. The predicted octanol–water partition coefficient (Wildman–Crippen LogP) is 9.54. The number of unbranched alkanes of at least 4 members (excludes halogenated alkanes) is 2. The Labute approximate surface area is 350 Å². The number of carbonyl (C=O) groups excluding carboxylic acids is 1. The highest BCUT2D eigenvalue weighted by Crippen LogP contribution is 2.43. The molecule has 9 nitrogen and oxygen atoms in total. The zero-order valence-corrected chi connectivity index (χ0v) is 35.1. The second kappa shape index (κ2) is 21.2. The van der Waals surface area contributed by atoms with Crippen molar-refractivity contribution in [3.05, 3.63) is 161 Å². The van der Waals surface area contributed by atoms with E-state index in [1.54, 1.807) is 17.0 Å². The number of primary sulfonamides is 1.